The Morgan fingerprint density at radius 2 is 1.67 bits per heavy atom. The van der Waals surface area contributed by atoms with E-state index in [4.69, 9.17) is 0 Å². The summed E-state index contributed by atoms with van der Waals surface area (Å²) in [4.78, 5) is 0. The fourth-order valence-corrected chi connectivity index (χ4v) is 6.11. The van der Waals surface area contributed by atoms with Crippen molar-refractivity contribution in [2.24, 2.45) is 0 Å². The van der Waals surface area contributed by atoms with E-state index in [1.807, 2.05) is 33.8 Å². The van der Waals surface area contributed by atoms with Gasteiger partial charge in [0.2, 0.25) is 0 Å². The van der Waals surface area contributed by atoms with Crippen LogP contribution in [0.15, 0.2) is 35.0 Å². The number of fused-ring (bicyclic) bond motifs is 2. The second-order valence-corrected chi connectivity index (χ2v) is 9.56. The summed E-state index contributed by atoms with van der Waals surface area (Å²) < 4.78 is 36.3. The topological polar surface area (TPSA) is 7.94 Å². The summed E-state index contributed by atoms with van der Waals surface area (Å²) in [6, 6.07) is 6.19. The first kappa shape index (κ1) is 21.5. The molecule has 0 atom stereocenters. The van der Waals surface area contributed by atoms with E-state index in [-0.39, 0.29) is 0 Å². The summed E-state index contributed by atoms with van der Waals surface area (Å²) in [5.74, 6) is 0. The number of halogens is 3. The number of allylic oxidation sites excluding steroid dienone is 2. The highest BCUT2D eigenvalue weighted by atomic mass is 127. The minimum Gasteiger partial charge on any atom is -0.393 e. The lowest BCUT2D eigenvalue weighted by atomic mass is 9.82. The molecule has 4 rings (SSSR count). The van der Waals surface area contributed by atoms with E-state index in [0.717, 1.165) is 55.4 Å². The zero-order chi connectivity index (χ0) is 22.1. The van der Waals surface area contributed by atoms with Crippen LogP contribution in [0, 0.1) is 24.3 Å². The Balaban J connectivity index is 2.27. The lowest BCUT2D eigenvalue weighted by Gasteiger charge is -2.34. The monoisotopic (exact) mass is 520 g/mol. The fourth-order valence-electron chi connectivity index (χ4n) is 5.61. The number of hydrogen-bond donors (Lipinski definition) is 0. The molecule has 0 unspecified atom stereocenters. The molecule has 0 amide bonds. The summed E-state index contributed by atoms with van der Waals surface area (Å²) in [5, 5.41) is 0. The van der Waals surface area contributed by atoms with E-state index in [1.165, 1.54) is 8.96 Å². The quantitative estimate of drug-likeness (QED) is 0.311. The molecule has 0 radical (unpaired) electrons. The van der Waals surface area contributed by atoms with Gasteiger partial charge in [-0.2, -0.15) is 0 Å². The van der Waals surface area contributed by atoms with Gasteiger partial charge < -0.3 is 17.6 Å². The number of hydrogen-bond acceptors (Lipinski definition) is 0. The lowest BCUT2D eigenvalue weighted by Crippen LogP contribution is -2.51. The molecule has 2 aromatic rings. The van der Waals surface area contributed by atoms with Gasteiger partial charge in [0.15, 0.2) is 5.70 Å². The Hall–Kier alpha value is -1.70. The maximum Gasteiger partial charge on any atom is 0.737 e. The van der Waals surface area contributed by atoms with Gasteiger partial charge in [0.25, 0.3) is 0 Å². The normalized spacial score (nSPS) is 17.8. The van der Waals surface area contributed by atoms with Crippen molar-refractivity contribution in [2.45, 2.75) is 61.3 Å². The minimum atomic E-state index is -3.97. The molecule has 0 N–H and O–H groups in total. The van der Waals surface area contributed by atoms with Crippen LogP contribution in [0.4, 0.5) is 8.63 Å². The van der Waals surface area contributed by atoms with Crippen molar-refractivity contribution >= 4 is 40.8 Å². The SMILES string of the molecule is CCC1=C(C)C2=C(c3cccc(I)c3C)c3c(C)c(CC)c(C)n3[B-](F)(F)[N+]2=C1C. The molecule has 0 fully saturated rings. The van der Waals surface area contributed by atoms with E-state index in [2.05, 4.69) is 55.5 Å². The third-order valence-electron chi connectivity index (χ3n) is 7.03. The molecule has 0 bridgehead atoms. The van der Waals surface area contributed by atoms with E-state index >= 15 is 8.63 Å². The van der Waals surface area contributed by atoms with Crippen molar-refractivity contribution in [3.05, 3.63) is 72.3 Å². The summed E-state index contributed by atoms with van der Waals surface area (Å²) in [5.41, 5.74) is 9.90. The van der Waals surface area contributed by atoms with Gasteiger partial charge in [-0.1, -0.05) is 26.0 Å². The fraction of sp³-hybridized carbons (Fsp3) is 0.375. The van der Waals surface area contributed by atoms with Gasteiger partial charge in [-0.3, -0.25) is 0 Å². The van der Waals surface area contributed by atoms with E-state index in [9.17, 15) is 0 Å². The summed E-state index contributed by atoms with van der Waals surface area (Å²) in [6.07, 6.45) is 1.49. The van der Waals surface area contributed by atoms with Gasteiger partial charge in [-0.05, 0) is 97.1 Å². The van der Waals surface area contributed by atoms with E-state index in [0.29, 0.717) is 22.8 Å². The molecule has 1 aromatic heterocycles. The molecule has 0 saturated carbocycles. The predicted octanol–water partition coefficient (Wildman–Crippen LogP) is 6.79. The maximum atomic E-state index is 16.2. The third kappa shape index (κ3) is 2.61. The van der Waals surface area contributed by atoms with E-state index in [1.54, 1.807) is 0 Å². The molecule has 30 heavy (non-hydrogen) atoms. The van der Waals surface area contributed by atoms with Crippen molar-refractivity contribution < 1.29 is 13.1 Å². The second kappa shape index (κ2) is 7.18. The zero-order valence-electron chi connectivity index (χ0n) is 18.8. The number of rotatable bonds is 3. The molecule has 2 nitrogen and oxygen atoms in total. The van der Waals surface area contributed by atoms with Crippen LogP contribution in [-0.4, -0.2) is 21.6 Å². The molecular weight excluding hydrogens is 492 g/mol. The lowest BCUT2D eigenvalue weighted by molar-refractivity contribution is -0.363. The standard InChI is InChI=1S/C24H28BF2IN2/c1-8-18-14(4)23-22(20-11-10-12-21(28)13(20)3)24-15(5)19(9-2)17(7)30(24)25(26,27)29(23)16(18)6/h10-12H,8-9H2,1-7H3. The summed E-state index contributed by atoms with van der Waals surface area (Å²) in [7, 11) is 0. The Morgan fingerprint density at radius 3 is 2.27 bits per heavy atom. The van der Waals surface area contributed by atoms with Gasteiger partial charge >= 0.3 is 6.97 Å². The van der Waals surface area contributed by atoms with Crippen LogP contribution in [0.3, 0.4) is 0 Å². The highest BCUT2D eigenvalue weighted by Gasteiger charge is 2.56. The average molecular weight is 520 g/mol. The number of benzene rings is 1. The average Bonchev–Trinajstić information content (AvgIpc) is 3.10. The first-order valence-corrected chi connectivity index (χ1v) is 11.7. The maximum absolute atomic E-state index is 16.2. The van der Waals surface area contributed by atoms with Gasteiger partial charge in [0.05, 0.1) is 5.57 Å². The molecular formula is C24H28BF2IN2. The zero-order valence-corrected chi connectivity index (χ0v) is 20.9. The summed E-state index contributed by atoms with van der Waals surface area (Å²) in [6.45, 7) is 9.94. The van der Waals surface area contributed by atoms with Crippen molar-refractivity contribution in [1.29, 1.82) is 0 Å². The Morgan fingerprint density at radius 1 is 1.00 bits per heavy atom. The Labute approximate surface area is 191 Å². The highest BCUT2D eigenvalue weighted by Crippen LogP contribution is 2.47. The van der Waals surface area contributed by atoms with Crippen LogP contribution in [0.1, 0.15) is 67.8 Å². The molecule has 6 heteroatoms. The van der Waals surface area contributed by atoms with Crippen LogP contribution in [0.2, 0.25) is 0 Å². The molecule has 2 aliphatic heterocycles. The number of aromatic nitrogens is 1. The predicted molar refractivity (Wildman–Crippen MR) is 131 cm³/mol. The second-order valence-electron chi connectivity index (χ2n) is 8.40. The molecule has 2 aliphatic rings. The molecule has 1 aromatic carbocycles. The van der Waals surface area contributed by atoms with Crippen molar-refractivity contribution in [3.63, 3.8) is 0 Å². The smallest absolute Gasteiger partial charge is 0.393 e. The van der Waals surface area contributed by atoms with Crippen molar-refractivity contribution in [1.82, 2.24) is 4.48 Å². The Bertz CT molecular complexity index is 1200. The Kier molecular flexibility index (Phi) is 5.15. The van der Waals surface area contributed by atoms with Gasteiger partial charge in [-0.15, -0.1) is 0 Å². The van der Waals surface area contributed by atoms with Gasteiger partial charge in [0.1, 0.15) is 5.71 Å². The highest BCUT2D eigenvalue weighted by molar-refractivity contribution is 14.1. The van der Waals surface area contributed by atoms with Gasteiger partial charge in [0, 0.05) is 27.3 Å². The van der Waals surface area contributed by atoms with Crippen LogP contribution in [0.25, 0.3) is 5.57 Å². The van der Waals surface area contributed by atoms with Crippen molar-refractivity contribution in [2.75, 3.05) is 0 Å². The molecule has 3 heterocycles. The van der Waals surface area contributed by atoms with E-state index < -0.39 is 6.97 Å². The molecule has 0 spiro atoms. The molecule has 158 valence electrons. The number of nitrogens with zero attached hydrogens (tertiary/aromatic N) is 2. The first-order chi connectivity index (χ1) is 14.1. The third-order valence-corrected chi connectivity index (χ3v) is 8.20. The van der Waals surface area contributed by atoms with Crippen LogP contribution in [-0.2, 0) is 6.42 Å². The van der Waals surface area contributed by atoms with Crippen molar-refractivity contribution in [3.8, 4) is 0 Å². The molecule has 0 aliphatic carbocycles. The molecule has 0 saturated heterocycles. The first-order valence-electron chi connectivity index (χ1n) is 10.7. The summed E-state index contributed by atoms with van der Waals surface area (Å²) >= 11 is 2.34. The van der Waals surface area contributed by atoms with Crippen LogP contribution >= 0.6 is 22.6 Å². The van der Waals surface area contributed by atoms with Crippen LogP contribution < -0.4 is 0 Å². The van der Waals surface area contributed by atoms with Crippen LogP contribution in [0.5, 0.6) is 0 Å². The minimum absolute atomic E-state index is 0.685. The largest absolute Gasteiger partial charge is 0.737 e. The van der Waals surface area contributed by atoms with Gasteiger partial charge in [-0.25, -0.2) is 0 Å².